The first-order valence-electron chi connectivity index (χ1n) is 3.77. The summed E-state index contributed by atoms with van der Waals surface area (Å²) in [5.74, 6) is 0. The smallest absolute Gasteiger partial charge is 0.157 e. The normalized spacial score (nSPS) is 21.3. The molecule has 0 bridgehead atoms. The summed E-state index contributed by atoms with van der Waals surface area (Å²) in [4.78, 5) is 0. The van der Waals surface area contributed by atoms with Gasteiger partial charge in [0, 0.05) is 13.0 Å². The van der Waals surface area contributed by atoms with Crippen molar-refractivity contribution in [3.8, 4) is 0 Å². The van der Waals surface area contributed by atoms with Gasteiger partial charge in [0.1, 0.15) is 0 Å². The molecule has 0 aliphatic carbocycles. The molecule has 0 spiro atoms. The van der Waals surface area contributed by atoms with Gasteiger partial charge in [-0.15, -0.1) is 0 Å². The number of hydrogen-bond donors (Lipinski definition) is 1. The lowest BCUT2D eigenvalue weighted by Crippen LogP contribution is -2.24. The van der Waals surface area contributed by atoms with Crippen LogP contribution in [0.1, 0.15) is 19.3 Å². The molecule has 1 aliphatic heterocycles. The fourth-order valence-electron chi connectivity index (χ4n) is 0.961. The lowest BCUT2D eigenvalue weighted by atomic mass is 10.3. The molecule has 0 aromatic heterocycles. The van der Waals surface area contributed by atoms with Crippen molar-refractivity contribution in [3.63, 3.8) is 0 Å². The van der Waals surface area contributed by atoms with E-state index >= 15 is 0 Å². The molecule has 1 fully saturated rings. The molecular formula is C7H14O3. The van der Waals surface area contributed by atoms with Crippen molar-refractivity contribution < 1.29 is 14.6 Å². The van der Waals surface area contributed by atoms with E-state index in [1.165, 1.54) is 0 Å². The third kappa shape index (κ3) is 2.64. The van der Waals surface area contributed by atoms with Crippen LogP contribution in [0.4, 0.5) is 0 Å². The van der Waals surface area contributed by atoms with Crippen molar-refractivity contribution >= 4 is 0 Å². The second-order valence-corrected chi connectivity index (χ2v) is 2.39. The van der Waals surface area contributed by atoms with Gasteiger partial charge in [-0.2, -0.15) is 0 Å². The third-order valence-corrected chi connectivity index (χ3v) is 1.49. The number of aliphatic hydroxyl groups excluding tert-OH is 1. The van der Waals surface area contributed by atoms with Crippen molar-refractivity contribution in [2.45, 2.75) is 25.6 Å². The molecule has 1 heterocycles. The molecule has 0 aromatic carbocycles. The lowest BCUT2D eigenvalue weighted by Gasteiger charge is -2.22. The Morgan fingerprint density at radius 1 is 1.30 bits per heavy atom. The maximum atomic E-state index is 8.49. The van der Waals surface area contributed by atoms with Crippen LogP contribution in [-0.2, 0) is 9.47 Å². The van der Waals surface area contributed by atoms with E-state index in [1.807, 2.05) is 0 Å². The van der Waals surface area contributed by atoms with Gasteiger partial charge in [0.2, 0.25) is 0 Å². The van der Waals surface area contributed by atoms with E-state index in [2.05, 4.69) is 0 Å². The Kier molecular flexibility index (Phi) is 3.72. The second-order valence-electron chi connectivity index (χ2n) is 2.39. The highest BCUT2D eigenvalue weighted by molar-refractivity contribution is 4.51. The standard InChI is InChI=1S/C7H14O3/c8-4-1-3-7-9-5-2-6-10-7/h7-8H,1-6H2. The molecule has 10 heavy (non-hydrogen) atoms. The molecule has 3 nitrogen and oxygen atoms in total. The molecule has 0 saturated carbocycles. The first-order valence-corrected chi connectivity index (χ1v) is 3.77. The average Bonchev–Trinajstić information content (AvgIpc) is 2.03. The highest BCUT2D eigenvalue weighted by Crippen LogP contribution is 2.09. The number of rotatable bonds is 3. The Balaban J connectivity index is 2.02. The average molecular weight is 146 g/mol. The van der Waals surface area contributed by atoms with Crippen molar-refractivity contribution in [2.75, 3.05) is 19.8 Å². The van der Waals surface area contributed by atoms with Gasteiger partial charge in [0.05, 0.1) is 13.2 Å². The van der Waals surface area contributed by atoms with E-state index in [1.54, 1.807) is 0 Å². The highest BCUT2D eigenvalue weighted by Gasteiger charge is 2.12. The minimum Gasteiger partial charge on any atom is -0.396 e. The lowest BCUT2D eigenvalue weighted by molar-refractivity contribution is -0.182. The van der Waals surface area contributed by atoms with Crippen LogP contribution in [-0.4, -0.2) is 31.2 Å². The Morgan fingerprint density at radius 3 is 2.60 bits per heavy atom. The van der Waals surface area contributed by atoms with E-state index in [-0.39, 0.29) is 12.9 Å². The van der Waals surface area contributed by atoms with Crippen molar-refractivity contribution in [2.24, 2.45) is 0 Å². The Hall–Kier alpha value is -0.120. The number of aliphatic hydroxyl groups is 1. The van der Waals surface area contributed by atoms with E-state index in [0.29, 0.717) is 0 Å². The van der Waals surface area contributed by atoms with Crippen molar-refractivity contribution in [3.05, 3.63) is 0 Å². The fourth-order valence-corrected chi connectivity index (χ4v) is 0.961. The highest BCUT2D eigenvalue weighted by atomic mass is 16.7. The van der Waals surface area contributed by atoms with Crippen LogP contribution in [0.15, 0.2) is 0 Å². The summed E-state index contributed by atoms with van der Waals surface area (Å²) in [5.41, 5.74) is 0. The molecule has 0 radical (unpaired) electrons. The van der Waals surface area contributed by atoms with Gasteiger partial charge in [0.15, 0.2) is 6.29 Å². The molecule has 0 unspecified atom stereocenters. The summed E-state index contributed by atoms with van der Waals surface area (Å²) in [7, 11) is 0. The van der Waals surface area contributed by atoms with Gasteiger partial charge in [-0.3, -0.25) is 0 Å². The van der Waals surface area contributed by atoms with Crippen LogP contribution in [0.3, 0.4) is 0 Å². The first kappa shape index (κ1) is 7.98. The molecule has 1 N–H and O–H groups in total. The van der Waals surface area contributed by atoms with Crippen LogP contribution in [0, 0.1) is 0 Å². The third-order valence-electron chi connectivity index (χ3n) is 1.49. The van der Waals surface area contributed by atoms with E-state index in [4.69, 9.17) is 14.6 Å². The summed E-state index contributed by atoms with van der Waals surface area (Å²) >= 11 is 0. The predicted molar refractivity (Wildman–Crippen MR) is 36.6 cm³/mol. The predicted octanol–water partition coefficient (Wildman–Crippen LogP) is 0.522. The van der Waals surface area contributed by atoms with Crippen LogP contribution >= 0.6 is 0 Å². The molecular weight excluding hydrogens is 132 g/mol. The summed E-state index contributed by atoms with van der Waals surface area (Å²) < 4.78 is 10.5. The minimum absolute atomic E-state index is 0.0547. The first-order chi connectivity index (χ1) is 4.93. The van der Waals surface area contributed by atoms with Gasteiger partial charge in [0.25, 0.3) is 0 Å². The van der Waals surface area contributed by atoms with Crippen molar-refractivity contribution in [1.29, 1.82) is 0 Å². The number of hydrogen-bond acceptors (Lipinski definition) is 3. The SMILES string of the molecule is OCCCC1OCCCO1. The quantitative estimate of drug-likeness (QED) is 0.631. The molecule has 0 aromatic rings. The van der Waals surface area contributed by atoms with Gasteiger partial charge < -0.3 is 14.6 Å². The molecule has 0 atom stereocenters. The Bertz CT molecular complexity index is 78.9. The molecule has 3 heteroatoms. The van der Waals surface area contributed by atoms with Crippen LogP contribution < -0.4 is 0 Å². The summed E-state index contributed by atoms with van der Waals surface area (Å²) in [6.45, 7) is 1.83. The molecule has 0 amide bonds. The molecule has 60 valence electrons. The zero-order chi connectivity index (χ0) is 7.23. The van der Waals surface area contributed by atoms with E-state index < -0.39 is 0 Å². The van der Waals surface area contributed by atoms with Gasteiger partial charge in [-0.05, 0) is 12.8 Å². The molecule has 1 aliphatic rings. The zero-order valence-electron chi connectivity index (χ0n) is 6.08. The zero-order valence-corrected chi connectivity index (χ0v) is 6.08. The number of ether oxygens (including phenoxy) is 2. The monoisotopic (exact) mass is 146 g/mol. The maximum absolute atomic E-state index is 8.49. The van der Waals surface area contributed by atoms with Crippen LogP contribution in [0.25, 0.3) is 0 Å². The second kappa shape index (κ2) is 4.66. The van der Waals surface area contributed by atoms with Crippen molar-refractivity contribution in [1.82, 2.24) is 0 Å². The minimum atomic E-state index is -0.0547. The summed E-state index contributed by atoms with van der Waals surface area (Å²) in [6, 6.07) is 0. The van der Waals surface area contributed by atoms with Gasteiger partial charge in [-0.1, -0.05) is 0 Å². The molecule has 1 saturated heterocycles. The topological polar surface area (TPSA) is 38.7 Å². The molecule has 1 rings (SSSR count). The van der Waals surface area contributed by atoms with Gasteiger partial charge >= 0.3 is 0 Å². The Labute approximate surface area is 60.9 Å². The summed E-state index contributed by atoms with van der Waals surface area (Å²) in [5, 5.41) is 8.49. The fraction of sp³-hybridized carbons (Fsp3) is 1.00. The van der Waals surface area contributed by atoms with Gasteiger partial charge in [-0.25, -0.2) is 0 Å². The van der Waals surface area contributed by atoms with E-state index in [0.717, 1.165) is 32.5 Å². The maximum Gasteiger partial charge on any atom is 0.157 e. The van der Waals surface area contributed by atoms with Crippen LogP contribution in [0.2, 0.25) is 0 Å². The largest absolute Gasteiger partial charge is 0.396 e. The summed E-state index contributed by atoms with van der Waals surface area (Å²) in [6.07, 6.45) is 2.53. The Morgan fingerprint density at radius 2 is 2.00 bits per heavy atom. The van der Waals surface area contributed by atoms with E-state index in [9.17, 15) is 0 Å². The van der Waals surface area contributed by atoms with Crippen LogP contribution in [0.5, 0.6) is 0 Å².